The standard InChI is InChI=1S/C13H16N2O5/c1-3-20-13(19)15-5-4-10(16)11-8(12(17)18)6-14(2)9(11)7-15/h6H,3-5,7H2,1-2H3,(H,17,18). The predicted octanol–water partition coefficient (Wildman–Crippen LogP) is 1.27. The number of hydrogen-bond donors (Lipinski definition) is 1. The number of carbonyl (C=O) groups is 3. The summed E-state index contributed by atoms with van der Waals surface area (Å²) in [5, 5.41) is 9.15. The molecule has 1 aromatic rings. The molecule has 1 amide bonds. The normalized spacial score (nSPS) is 14.7. The van der Waals surface area contributed by atoms with Gasteiger partial charge in [0, 0.05) is 31.9 Å². The summed E-state index contributed by atoms with van der Waals surface area (Å²) in [6, 6.07) is 0. The lowest BCUT2D eigenvalue weighted by molar-refractivity contribution is 0.0691. The van der Waals surface area contributed by atoms with Gasteiger partial charge in [0.1, 0.15) is 0 Å². The Hall–Kier alpha value is -2.31. The third kappa shape index (κ3) is 2.38. The quantitative estimate of drug-likeness (QED) is 0.881. The Kier molecular flexibility index (Phi) is 3.78. The Morgan fingerprint density at radius 3 is 2.75 bits per heavy atom. The van der Waals surface area contributed by atoms with E-state index in [2.05, 4.69) is 0 Å². The van der Waals surface area contributed by atoms with Crippen molar-refractivity contribution in [1.82, 2.24) is 9.47 Å². The van der Waals surface area contributed by atoms with E-state index in [0.717, 1.165) is 0 Å². The number of rotatable bonds is 2. The topological polar surface area (TPSA) is 88.8 Å². The molecule has 7 heteroatoms. The van der Waals surface area contributed by atoms with Crippen LogP contribution >= 0.6 is 0 Å². The number of aromatic nitrogens is 1. The van der Waals surface area contributed by atoms with Gasteiger partial charge < -0.3 is 19.3 Å². The van der Waals surface area contributed by atoms with Crippen LogP contribution in [0, 0.1) is 0 Å². The second-order valence-corrected chi connectivity index (χ2v) is 4.57. The Morgan fingerprint density at radius 1 is 1.45 bits per heavy atom. The van der Waals surface area contributed by atoms with E-state index in [4.69, 9.17) is 9.84 Å². The fourth-order valence-corrected chi connectivity index (χ4v) is 2.32. The zero-order chi connectivity index (χ0) is 14.9. The van der Waals surface area contributed by atoms with Gasteiger partial charge in [-0.15, -0.1) is 0 Å². The fourth-order valence-electron chi connectivity index (χ4n) is 2.32. The molecular weight excluding hydrogens is 264 g/mol. The first-order chi connectivity index (χ1) is 9.45. The number of amides is 1. The highest BCUT2D eigenvalue weighted by Gasteiger charge is 2.30. The molecule has 0 saturated heterocycles. The lowest BCUT2D eigenvalue weighted by atomic mass is 10.1. The minimum Gasteiger partial charge on any atom is -0.478 e. The van der Waals surface area contributed by atoms with Crippen LogP contribution in [0.2, 0.25) is 0 Å². The number of aryl methyl sites for hydroxylation is 1. The minimum absolute atomic E-state index is 0.0155. The number of carboxylic acid groups (broad SMARTS) is 1. The van der Waals surface area contributed by atoms with Gasteiger partial charge in [0.2, 0.25) is 0 Å². The van der Waals surface area contributed by atoms with Crippen LogP contribution in [-0.4, -0.2) is 45.6 Å². The maximum absolute atomic E-state index is 12.1. The smallest absolute Gasteiger partial charge is 0.410 e. The SMILES string of the molecule is CCOC(=O)N1CCC(=O)c2c(C(=O)O)cn(C)c2C1. The van der Waals surface area contributed by atoms with Crippen LogP contribution in [-0.2, 0) is 18.3 Å². The fraction of sp³-hybridized carbons (Fsp3) is 0.462. The van der Waals surface area contributed by atoms with Crippen molar-refractivity contribution < 1.29 is 24.2 Å². The van der Waals surface area contributed by atoms with Gasteiger partial charge >= 0.3 is 12.1 Å². The molecule has 0 aliphatic carbocycles. The van der Waals surface area contributed by atoms with Gasteiger partial charge in [-0.1, -0.05) is 0 Å². The first kappa shape index (κ1) is 14.1. The molecule has 2 rings (SSSR count). The summed E-state index contributed by atoms with van der Waals surface area (Å²) in [5.41, 5.74) is 0.711. The molecule has 0 bridgehead atoms. The average Bonchev–Trinajstić information content (AvgIpc) is 2.60. The molecule has 0 spiro atoms. The molecule has 0 atom stereocenters. The van der Waals surface area contributed by atoms with E-state index in [0.29, 0.717) is 5.69 Å². The third-order valence-corrected chi connectivity index (χ3v) is 3.29. The molecule has 1 N–H and O–H groups in total. The third-order valence-electron chi connectivity index (χ3n) is 3.29. The highest BCUT2D eigenvalue weighted by Crippen LogP contribution is 2.24. The van der Waals surface area contributed by atoms with Crippen LogP contribution < -0.4 is 0 Å². The number of carboxylic acids is 1. The van der Waals surface area contributed by atoms with E-state index in [1.54, 1.807) is 18.5 Å². The number of aromatic carboxylic acids is 1. The zero-order valence-corrected chi connectivity index (χ0v) is 11.4. The molecule has 108 valence electrons. The van der Waals surface area contributed by atoms with Crippen LogP contribution in [0.4, 0.5) is 4.79 Å². The van der Waals surface area contributed by atoms with Crippen LogP contribution in [0.15, 0.2) is 6.20 Å². The Balaban J connectivity index is 2.41. The number of hydrogen-bond acceptors (Lipinski definition) is 4. The maximum atomic E-state index is 12.1. The van der Waals surface area contributed by atoms with Crippen LogP contribution in [0.5, 0.6) is 0 Å². The van der Waals surface area contributed by atoms with Crippen LogP contribution in [0.1, 0.15) is 39.8 Å². The Morgan fingerprint density at radius 2 is 2.15 bits per heavy atom. The number of ether oxygens (including phenoxy) is 1. The lowest BCUT2D eigenvalue weighted by Crippen LogP contribution is -2.32. The average molecular weight is 280 g/mol. The predicted molar refractivity (Wildman–Crippen MR) is 68.8 cm³/mol. The van der Waals surface area contributed by atoms with Crippen molar-refractivity contribution in [3.05, 3.63) is 23.0 Å². The summed E-state index contributed by atoms with van der Waals surface area (Å²) in [7, 11) is 1.66. The number of fused-ring (bicyclic) bond motifs is 1. The van der Waals surface area contributed by atoms with Gasteiger partial charge in [-0.2, -0.15) is 0 Å². The summed E-state index contributed by atoms with van der Waals surface area (Å²) in [4.78, 5) is 36.5. The highest BCUT2D eigenvalue weighted by atomic mass is 16.6. The second-order valence-electron chi connectivity index (χ2n) is 4.57. The number of ketones is 1. The number of Topliss-reactive ketones (excluding diaryl/α,β-unsaturated/α-hetero) is 1. The van der Waals surface area contributed by atoms with E-state index < -0.39 is 12.1 Å². The van der Waals surface area contributed by atoms with Crippen molar-refractivity contribution in [3.8, 4) is 0 Å². The first-order valence-corrected chi connectivity index (χ1v) is 6.32. The minimum atomic E-state index is -1.14. The van der Waals surface area contributed by atoms with Gasteiger partial charge in [-0.3, -0.25) is 4.79 Å². The Labute approximate surface area is 115 Å². The number of nitrogens with zero attached hydrogens (tertiary/aromatic N) is 2. The van der Waals surface area contributed by atoms with Crippen molar-refractivity contribution in [3.63, 3.8) is 0 Å². The molecule has 0 unspecified atom stereocenters. The van der Waals surface area contributed by atoms with E-state index >= 15 is 0 Å². The summed E-state index contributed by atoms with van der Waals surface area (Å²) in [5.74, 6) is -1.40. The van der Waals surface area contributed by atoms with Gasteiger partial charge in [0.25, 0.3) is 0 Å². The lowest BCUT2D eigenvalue weighted by Gasteiger charge is -2.19. The molecule has 0 radical (unpaired) electrons. The molecule has 0 saturated carbocycles. The molecule has 1 aliphatic rings. The van der Waals surface area contributed by atoms with Crippen molar-refractivity contribution in [2.24, 2.45) is 7.05 Å². The van der Waals surface area contributed by atoms with Crippen molar-refractivity contribution in [2.75, 3.05) is 13.2 Å². The molecule has 0 fully saturated rings. The maximum Gasteiger partial charge on any atom is 0.410 e. The molecule has 2 heterocycles. The Bertz CT molecular complexity index is 576. The highest BCUT2D eigenvalue weighted by molar-refractivity contribution is 6.07. The molecular formula is C13H16N2O5. The van der Waals surface area contributed by atoms with Gasteiger partial charge in [0.05, 0.1) is 24.3 Å². The zero-order valence-electron chi connectivity index (χ0n) is 11.4. The second kappa shape index (κ2) is 5.36. The van der Waals surface area contributed by atoms with Gasteiger partial charge in [0.15, 0.2) is 5.78 Å². The first-order valence-electron chi connectivity index (χ1n) is 6.32. The molecule has 1 aliphatic heterocycles. The largest absolute Gasteiger partial charge is 0.478 e. The summed E-state index contributed by atoms with van der Waals surface area (Å²) in [6.45, 7) is 2.36. The van der Waals surface area contributed by atoms with Crippen LogP contribution in [0.3, 0.4) is 0 Å². The molecule has 1 aromatic heterocycles. The number of carbonyl (C=O) groups excluding carboxylic acids is 2. The molecule has 7 nitrogen and oxygen atoms in total. The van der Waals surface area contributed by atoms with E-state index in [-0.39, 0.29) is 43.0 Å². The van der Waals surface area contributed by atoms with Gasteiger partial charge in [-0.25, -0.2) is 9.59 Å². The van der Waals surface area contributed by atoms with E-state index in [1.165, 1.54) is 11.1 Å². The molecule has 20 heavy (non-hydrogen) atoms. The van der Waals surface area contributed by atoms with Gasteiger partial charge in [-0.05, 0) is 6.92 Å². The van der Waals surface area contributed by atoms with Crippen LogP contribution in [0.25, 0.3) is 0 Å². The monoisotopic (exact) mass is 280 g/mol. The summed E-state index contributed by atoms with van der Waals surface area (Å²) in [6.07, 6.45) is 1.00. The molecule has 0 aromatic carbocycles. The van der Waals surface area contributed by atoms with E-state index in [9.17, 15) is 14.4 Å². The summed E-state index contributed by atoms with van der Waals surface area (Å²) < 4.78 is 6.51. The van der Waals surface area contributed by atoms with E-state index in [1.807, 2.05) is 0 Å². The summed E-state index contributed by atoms with van der Waals surface area (Å²) >= 11 is 0. The van der Waals surface area contributed by atoms with Crippen molar-refractivity contribution >= 4 is 17.8 Å². The van der Waals surface area contributed by atoms with Crippen molar-refractivity contribution in [1.29, 1.82) is 0 Å². The van der Waals surface area contributed by atoms with Crippen molar-refractivity contribution in [2.45, 2.75) is 19.9 Å².